The van der Waals surface area contributed by atoms with Gasteiger partial charge in [0.15, 0.2) is 0 Å². The van der Waals surface area contributed by atoms with Crippen molar-refractivity contribution in [1.29, 1.82) is 0 Å². The molecule has 0 aromatic heterocycles. The first-order valence-electron chi connectivity index (χ1n) is 6.54. The molecule has 0 spiro atoms. The fourth-order valence-electron chi connectivity index (χ4n) is 1.94. The van der Waals surface area contributed by atoms with E-state index < -0.39 is 11.8 Å². The monoisotopic (exact) mass is 272 g/mol. The summed E-state index contributed by atoms with van der Waals surface area (Å²) in [6.07, 6.45) is 1.25. The van der Waals surface area contributed by atoms with Gasteiger partial charge in [0.25, 0.3) is 0 Å². The highest BCUT2D eigenvalue weighted by molar-refractivity contribution is 6.32. The van der Waals surface area contributed by atoms with Crippen LogP contribution in [0.25, 0.3) is 10.8 Å². The number of hydrogen-bond donors (Lipinski definition) is 1. The third kappa shape index (κ3) is 3.82. The van der Waals surface area contributed by atoms with Crippen LogP contribution in [0.2, 0.25) is 0 Å². The zero-order valence-electron chi connectivity index (χ0n) is 11.0. The lowest BCUT2D eigenvalue weighted by molar-refractivity contribution is -0.149. The van der Waals surface area contributed by atoms with Crippen molar-refractivity contribution in [3.8, 4) is 5.75 Å². The van der Waals surface area contributed by atoms with Gasteiger partial charge in [-0.25, -0.2) is 4.79 Å². The molecule has 0 saturated carbocycles. The molecule has 20 heavy (non-hydrogen) atoms. The number of hydrogen-bond acceptors (Lipinski definition) is 3. The topological polar surface area (TPSA) is 63.6 Å². The Morgan fingerprint density at radius 2 is 1.75 bits per heavy atom. The molecule has 0 unspecified atom stereocenters. The summed E-state index contributed by atoms with van der Waals surface area (Å²) < 4.78 is 5.60. The fourth-order valence-corrected chi connectivity index (χ4v) is 1.94. The van der Waals surface area contributed by atoms with Crippen molar-refractivity contribution < 1.29 is 19.4 Å². The molecule has 4 heteroatoms. The maximum absolute atomic E-state index is 10.9. The summed E-state index contributed by atoms with van der Waals surface area (Å²) in [7, 11) is 0. The molecule has 0 bridgehead atoms. The molecule has 0 aliphatic heterocycles. The van der Waals surface area contributed by atoms with Crippen LogP contribution in [0.4, 0.5) is 0 Å². The van der Waals surface area contributed by atoms with Gasteiger partial charge in [-0.2, -0.15) is 0 Å². The molecule has 2 aromatic carbocycles. The molecule has 4 nitrogen and oxygen atoms in total. The Balaban J connectivity index is 1.78. The predicted molar refractivity (Wildman–Crippen MR) is 75.9 cm³/mol. The second-order valence-electron chi connectivity index (χ2n) is 4.54. The predicted octanol–water partition coefficient (Wildman–Crippen LogP) is 3.04. The standard InChI is InChI=1S/C16H16O4/c17-15(16(18)19)7-3-4-10-20-14-9-8-12-5-1-2-6-13(12)11-14/h1-2,5-6,8-9,11H,3-4,7,10H2,(H,18,19). The third-order valence-corrected chi connectivity index (χ3v) is 3.03. The summed E-state index contributed by atoms with van der Waals surface area (Å²) in [6.45, 7) is 0.477. The number of unbranched alkanes of at least 4 members (excludes halogenated alkanes) is 1. The van der Waals surface area contributed by atoms with E-state index in [-0.39, 0.29) is 6.42 Å². The van der Waals surface area contributed by atoms with Gasteiger partial charge >= 0.3 is 5.97 Å². The summed E-state index contributed by atoms with van der Waals surface area (Å²) in [4.78, 5) is 21.2. The molecule has 0 heterocycles. The summed E-state index contributed by atoms with van der Waals surface area (Å²) in [5, 5.41) is 10.7. The molecule has 0 radical (unpaired) electrons. The zero-order valence-corrected chi connectivity index (χ0v) is 11.0. The number of Topliss-reactive ketones (excluding diaryl/α,β-unsaturated/α-hetero) is 1. The number of carbonyl (C=O) groups excluding carboxylic acids is 1. The molecule has 0 saturated heterocycles. The molecule has 2 rings (SSSR count). The van der Waals surface area contributed by atoms with Crippen LogP contribution in [-0.4, -0.2) is 23.5 Å². The van der Waals surface area contributed by atoms with Gasteiger partial charge in [-0.05, 0) is 35.7 Å². The van der Waals surface area contributed by atoms with Crippen LogP contribution in [0.15, 0.2) is 42.5 Å². The number of carbonyl (C=O) groups is 2. The maximum Gasteiger partial charge on any atom is 0.372 e. The largest absolute Gasteiger partial charge is 0.494 e. The minimum absolute atomic E-state index is 0.0659. The van der Waals surface area contributed by atoms with Crippen molar-refractivity contribution in [2.24, 2.45) is 0 Å². The molecular formula is C16H16O4. The van der Waals surface area contributed by atoms with Crippen LogP contribution >= 0.6 is 0 Å². The van der Waals surface area contributed by atoms with E-state index in [2.05, 4.69) is 0 Å². The van der Waals surface area contributed by atoms with Crippen LogP contribution < -0.4 is 4.74 Å². The first-order valence-corrected chi connectivity index (χ1v) is 6.54. The quantitative estimate of drug-likeness (QED) is 0.621. The van der Waals surface area contributed by atoms with Crippen LogP contribution in [0, 0.1) is 0 Å². The minimum Gasteiger partial charge on any atom is -0.494 e. The molecule has 0 aliphatic rings. The molecular weight excluding hydrogens is 256 g/mol. The van der Waals surface area contributed by atoms with Crippen molar-refractivity contribution in [2.75, 3.05) is 6.61 Å². The van der Waals surface area contributed by atoms with E-state index >= 15 is 0 Å². The maximum atomic E-state index is 10.9. The van der Waals surface area contributed by atoms with Crippen LogP contribution in [0.1, 0.15) is 19.3 Å². The number of ether oxygens (including phenoxy) is 1. The van der Waals surface area contributed by atoms with Gasteiger partial charge in [0, 0.05) is 6.42 Å². The van der Waals surface area contributed by atoms with Gasteiger partial charge in [0.2, 0.25) is 5.78 Å². The zero-order chi connectivity index (χ0) is 14.4. The van der Waals surface area contributed by atoms with E-state index in [0.717, 1.165) is 16.5 Å². The summed E-state index contributed by atoms with van der Waals surface area (Å²) in [5.74, 6) is -1.32. The molecule has 1 N–H and O–H groups in total. The fraction of sp³-hybridized carbons (Fsp3) is 0.250. The Hall–Kier alpha value is -2.36. The van der Waals surface area contributed by atoms with Gasteiger partial charge < -0.3 is 9.84 Å². The number of ketones is 1. The van der Waals surface area contributed by atoms with Gasteiger partial charge in [0.05, 0.1) is 6.61 Å². The number of benzene rings is 2. The minimum atomic E-state index is -1.36. The first kappa shape index (κ1) is 14.1. The summed E-state index contributed by atoms with van der Waals surface area (Å²) >= 11 is 0. The lowest BCUT2D eigenvalue weighted by atomic mass is 10.1. The molecule has 0 amide bonds. The van der Waals surface area contributed by atoms with Crippen molar-refractivity contribution in [3.63, 3.8) is 0 Å². The number of carboxylic acids is 1. The third-order valence-electron chi connectivity index (χ3n) is 3.03. The second kappa shape index (κ2) is 6.70. The van der Waals surface area contributed by atoms with Gasteiger partial charge in [-0.1, -0.05) is 30.3 Å². The van der Waals surface area contributed by atoms with E-state index in [0.29, 0.717) is 19.4 Å². The lowest BCUT2D eigenvalue weighted by Gasteiger charge is -2.07. The van der Waals surface area contributed by atoms with Gasteiger partial charge in [0.1, 0.15) is 5.75 Å². The van der Waals surface area contributed by atoms with Gasteiger partial charge in [-0.15, -0.1) is 0 Å². The van der Waals surface area contributed by atoms with E-state index in [9.17, 15) is 9.59 Å². The average Bonchev–Trinajstić information content (AvgIpc) is 2.46. The molecule has 104 valence electrons. The smallest absolute Gasteiger partial charge is 0.372 e. The molecule has 0 aliphatic carbocycles. The Morgan fingerprint density at radius 1 is 1.00 bits per heavy atom. The van der Waals surface area contributed by atoms with Crippen molar-refractivity contribution in [2.45, 2.75) is 19.3 Å². The van der Waals surface area contributed by atoms with E-state index in [1.165, 1.54) is 0 Å². The van der Waals surface area contributed by atoms with Gasteiger partial charge in [-0.3, -0.25) is 4.79 Å². The SMILES string of the molecule is O=C(O)C(=O)CCCCOc1ccc2ccccc2c1. The first-order chi connectivity index (χ1) is 9.66. The van der Waals surface area contributed by atoms with E-state index in [4.69, 9.17) is 9.84 Å². The summed E-state index contributed by atoms with van der Waals surface area (Å²) in [5.41, 5.74) is 0. The highest BCUT2D eigenvalue weighted by Crippen LogP contribution is 2.20. The Kier molecular flexibility index (Phi) is 4.71. The van der Waals surface area contributed by atoms with Crippen molar-refractivity contribution in [3.05, 3.63) is 42.5 Å². The van der Waals surface area contributed by atoms with Crippen LogP contribution in [-0.2, 0) is 9.59 Å². The average molecular weight is 272 g/mol. The Morgan fingerprint density at radius 3 is 2.50 bits per heavy atom. The molecule has 0 atom stereocenters. The number of fused-ring (bicyclic) bond motifs is 1. The normalized spacial score (nSPS) is 10.4. The highest BCUT2D eigenvalue weighted by Gasteiger charge is 2.09. The number of carboxylic acid groups (broad SMARTS) is 1. The number of aliphatic carboxylic acids is 1. The Labute approximate surface area is 117 Å². The van der Waals surface area contributed by atoms with Crippen LogP contribution in [0.5, 0.6) is 5.75 Å². The van der Waals surface area contributed by atoms with E-state index in [1.807, 2.05) is 42.5 Å². The highest BCUT2D eigenvalue weighted by atomic mass is 16.5. The second-order valence-corrected chi connectivity index (χ2v) is 4.54. The molecule has 0 fully saturated rings. The van der Waals surface area contributed by atoms with Crippen molar-refractivity contribution >= 4 is 22.5 Å². The van der Waals surface area contributed by atoms with Crippen molar-refractivity contribution in [1.82, 2.24) is 0 Å². The van der Waals surface area contributed by atoms with Crippen LogP contribution in [0.3, 0.4) is 0 Å². The Bertz CT molecular complexity index is 619. The number of rotatable bonds is 7. The van der Waals surface area contributed by atoms with E-state index in [1.54, 1.807) is 0 Å². The lowest BCUT2D eigenvalue weighted by Crippen LogP contribution is -2.12. The molecule has 2 aromatic rings. The summed E-state index contributed by atoms with van der Waals surface area (Å²) in [6, 6.07) is 13.9.